The lowest BCUT2D eigenvalue weighted by molar-refractivity contribution is 0.536. The van der Waals surface area contributed by atoms with Gasteiger partial charge in [-0.15, -0.1) is 23.2 Å². The van der Waals surface area contributed by atoms with E-state index in [1.165, 1.54) is 11.1 Å². The Bertz CT molecular complexity index is 574. The maximum atomic E-state index is 6.29. The molecular formula is C17H17Cl3. The van der Waals surface area contributed by atoms with Crippen molar-refractivity contribution in [1.29, 1.82) is 0 Å². The van der Waals surface area contributed by atoms with Crippen LogP contribution in [0.4, 0.5) is 0 Å². The maximum absolute atomic E-state index is 6.29. The monoisotopic (exact) mass is 326 g/mol. The Balaban J connectivity index is 2.42. The van der Waals surface area contributed by atoms with E-state index in [1.54, 1.807) is 0 Å². The average Bonchev–Trinajstić information content (AvgIpc) is 2.47. The van der Waals surface area contributed by atoms with Gasteiger partial charge in [-0.1, -0.05) is 59.6 Å². The summed E-state index contributed by atoms with van der Waals surface area (Å²) in [6, 6.07) is 16.2. The molecular weight excluding hydrogens is 311 g/mol. The first-order valence-corrected chi connectivity index (χ1v) is 7.98. The van der Waals surface area contributed by atoms with Crippen molar-refractivity contribution in [2.45, 2.75) is 18.8 Å². The van der Waals surface area contributed by atoms with E-state index in [1.807, 2.05) is 30.3 Å². The molecule has 106 valence electrons. The van der Waals surface area contributed by atoms with Gasteiger partial charge < -0.3 is 0 Å². The summed E-state index contributed by atoms with van der Waals surface area (Å²) in [5.41, 5.74) is 3.17. The highest BCUT2D eigenvalue weighted by atomic mass is 35.5. The maximum Gasteiger partial charge on any atom is 0.0438 e. The molecule has 0 fully saturated rings. The molecule has 0 radical (unpaired) electrons. The van der Waals surface area contributed by atoms with E-state index < -0.39 is 0 Å². The first-order valence-electron chi connectivity index (χ1n) is 6.54. The number of hydrogen-bond donors (Lipinski definition) is 0. The van der Waals surface area contributed by atoms with Gasteiger partial charge in [0, 0.05) is 22.2 Å². The topological polar surface area (TPSA) is 0 Å². The Kier molecular flexibility index (Phi) is 5.37. The van der Waals surface area contributed by atoms with Crippen LogP contribution < -0.4 is 0 Å². The number of aryl methyl sites for hydroxylation is 1. The minimum absolute atomic E-state index is 0.292. The van der Waals surface area contributed by atoms with Gasteiger partial charge in [-0.05, 0) is 30.5 Å². The summed E-state index contributed by atoms with van der Waals surface area (Å²) >= 11 is 18.8. The fourth-order valence-corrected chi connectivity index (χ4v) is 3.35. The highest BCUT2D eigenvalue weighted by Crippen LogP contribution is 2.34. The van der Waals surface area contributed by atoms with Crippen molar-refractivity contribution in [2.24, 2.45) is 0 Å². The van der Waals surface area contributed by atoms with Gasteiger partial charge in [0.05, 0.1) is 0 Å². The molecule has 0 heterocycles. The first-order chi connectivity index (χ1) is 9.61. The van der Waals surface area contributed by atoms with E-state index in [0.717, 1.165) is 17.0 Å². The third-order valence-electron chi connectivity index (χ3n) is 3.63. The molecule has 0 aliphatic heterocycles. The summed E-state index contributed by atoms with van der Waals surface area (Å²) < 4.78 is 0. The van der Waals surface area contributed by atoms with Gasteiger partial charge in [-0.3, -0.25) is 0 Å². The van der Waals surface area contributed by atoms with Gasteiger partial charge in [-0.25, -0.2) is 0 Å². The van der Waals surface area contributed by atoms with E-state index in [4.69, 9.17) is 34.8 Å². The molecule has 0 aliphatic carbocycles. The van der Waals surface area contributed by atoms with Gasteiger partial charge in [0.1, 0.15) is 0 Å². The van der Waals surface area contributed by atoms with Gasteiger partial charge in [0.25, 0.3) is 0 Å². The lowest BCUT2D eigenvalue weighted by atomic mass is 9.78. The SMILES string of the molecule is Cc1cccc(C(CCl)(CCl)Cc2ccccc2Cl)c1. The summed E-state index contributed by atoms with van der Waals surface area (Å²) in [5, 5.41) is 0.764. The molecule has 0 amide bonds. The number of rotatable bonds is 5. The van der Waals surface area contributed by atoms with Crippen LogP contribution in [0.2, 0.25) is 5.02 Å². The standard InChI is InChI=1S/C17H17Cl3/c1-13-5-4-7-15(9-13)17(11-18,12-19)10-14-6-2-3-8-16(14)20/h2-9H,10-12H2,1H3. The molecule has 2 rings (SSSR count). The van der Waals surface area contributed by atoms with Crippen LogP contribution >= 0.6 is 34.8 Å². The first kappa shape index (κ1) is 15.7. The molecule has 0 nitrogen and oxygen atoms in total. The van der Waals surface area contributed by atoms with Crippen molar-refractivity contribution < 1.29 is 0 Å². The van der Waals surface area contributed by atoms with Crippen molar-refractivity contribution >= 4 is 34.8 Å². The van der Waals surface area contributed by atoms with Gasteiger partial charge >= 0.3 is 0 Å². The molecule has 2 aromatic carbocycles. The van der Waals surface area contributed by atoms with E-state index >= 15 is 0 Å². The minimum atomic E-state index is -0.292. The van der Waals surface area contributed by atoms with Crippen molar-refractivity contribution in [3.8, 4) is 0 Å². The smallest absolute Gasteiger partial charge is 0.0438 e. The second kappa shape index (κ2) is 6.85. The normalized spacial score (nSPS) is 11.6. The number of halogens is 3. The van der Waals surface area contributed by atoms with Crippen LogP contribution in [-0.2, 0) is 11.8 Å². The Morgan fingerprint density at radius 3 is 2.25 bits per heavy atom. The molecule has 3 heteroatoms. The summed E-state index contributed by atoms with van der Waals surface area (Å²) in [7, 11) is 0. The fourth-order valence-electron chi connectivity index (χ4n) is 2.37. The number of hydrogen-bond acceptors (Lipinski definition) is 0. The molecule has 0 saturated carbocycles. The van der Waals surface area contributed by atoms with Crippen molar-refractivity contribution in [3.05, 3.63) is 70.2 Å². The Labute approximate surface area is 135 Å². The summed E-state index contributed by atoms with van der Waals surface area (Å²) in [6.07, 6.45) is 0.739. The Morgan fingerprint density at radius 2 is 1.65 bits per heavy atom. The van der Waals surface area contributed by atoms with Crippen LogP contribution in [-0.4, -0.2) is 11.8 Å². The molecule has 0 spiro atoms. The molecule has 2 aromatic rings. The largest absolute Gasteiger partial charge is 0.126 e. The second-order valence-electron chi connectivity index (χ2n) is 5.19. The number of alkyl halides is 2. The molecule has 0 bridgehead atoms. The quantitative estimate of drug-likeness (QED) is 0.626. The fraction of sp³-hybridized carbons (Fsp3) is 0.294. The van der Waals surface area contributed by atoms with E-state index in [2.05, 4.69) is 25.1 Å². The molecule has 0 saturated heterocycles. The van der Waals surface area contributed by atoms with Crippen molar-refractivity contribution in [1.82, 2.24) is 0 Å². The lowest BCUT2D eigenvalue weighted by Crippen LogP contribution is -2.33. The Morgan fingerprint density at radius 1 is 0.950 bits per heavy atom. The molecule has 0 unspecified atom stereocenters. The van der Waals surface area contributed by atoms with Crippen molar-refractivity contribution in [3.63, 3.8) is 0 Å². The van der Waals surface area contributed by atoms with Crippen LogP contribution in [0.5, 0.6) is 0 Å². The predicted octanol–water partition coefficient (Wildman–Crippen LogP) is 5.61. The van der Waals surface area contributed by atoms with Crippen LogP contribution in [0.1, 0.15) is 16.7 Å². The molecule has 0 atom stereocenters. The zero-order chi connectivity index (χ0) is 14.6. The molecule has 0 N–H and O–H groups in total. The predicted molar refractivity (Wildman–Crippen MR) is 89.5 cm³/mol. The van der Waals surface area contributed by atoms with E-state index in [9.17, 15) is 0 Å². The van der Waals surface area contributed by atoms with Gasteiger partial charge in [0.2, 0.25) is 0 Å². The highest BCUT2D eigenvalue weighted by molar-refractivity contribution is 6.31. The lowest BCUT2D eigenvalue weighted by Gasteiger charge is -2.31. The van der Waals surface area contributed by atoms with Crippen LogP contribution in [0.15, 0.2) is 48.5 Å². The highest BCUT2D eigenvalue weighted by Gasteiger charge is 2.31. The van der Waals surface area contributed by atoms with Gasteiger partial charge in [0.15, 0.2) is 0 Å². The van der Waals surface area contributed by atoms with Crippen LogP contribution in [0.3, 0.4) is 0 Å². The summed E-state index contributed by atoms with van der Waals surface area (Å²) in [6.45, 7) is 2.08. The Hall–Kier alpha value is -0.690. The second-order valence-corrected chi connectivity index (χ2v) is 6.13. The molecule has 0 aliphatic rings. The number of benzene rings is 2. The van der Waals surface area contributed by atoms with E-state index in [0.29, 0.717) is 11.8 Å². The van der Waals surface area contributed by atoms with E-state index in [-0.39, 0.29) is 5.41 Å². The molecule has 20 heavy (non-hydrogen) atoms. The zero-order valence-corrected chi connectivity index (χ0v) is 13.6. The summed E-state index contributed by atoms with van der Waals surface area (Å²) in [5.74, 6) is 0.927. The van der Waals surface area contributed by atoms with Gasteiger partial charge in [-0.2, -0.15) is 0 Å². The van der Waals surface area contributed by atoms with Crippen LogP contribution in [0.25, 0.3) is 0 Å². The third-order valence-corrected chi connectivity index (χ3v) is 5.02. The van der Waals surface area contributed by atoms with Crippen LogP contribution in [0, 0.1) is 6.92 Å². The average molecular weight is 328 g/mol. The zero-order valence-electron chi connectivity index (χ0n) is 11.4. The molecule has 0 aromatic heterocycles. The third kappa shape index (κ3) is 3.31. The van der Waals surface area contributed by atoms with Crippen molar-refractivity contribution in [2.75, 3.05) is 11.8 Å². The summed E-state index contributed by atoms with van der Waals surface area (Å²) in [4.78, 5) is 0. The minimum Gasteiger partial charge on any atom is -0.126 e.